The summed E-state index contributed by atoms with van der Waals surface area (Å²) in [6, 6.07) is 0. The van der Waals surface area contributed by atoms with Gasteiger partial charge < -0.3 is 23.4 Å². The van der Waals surface area contributed by atoms with Crippen molar-refractivity contribution in [3.05, 3.63) is 0 Å². The van der Waals surface area contributed by atoms with Gasteiger partial charge in [0.25, 0.3) is 0 Å². The highest BCUT2D eigenvalue weighted by Crippen LogP contribution is 2.78. The first kappa shape index (κ1) is 23.2. The van der Waals surface area contributed by atoms with Gasteiger partial charge >= 0.3 is 0 Å². The molecule has 6 heteroatoms. The molecular formula is C28H46O5Si. The lowest BCUT2D eigenvalue weighted by molar-refractivity contribution is -0.173. The summed E-state index contributed by atoms with van der Waals surface area (Å²) in [5.74, 6) is 0.774. The van der Waals surface area contributed by atoms with Crippen LogP contribution in [0, 0.1) is 28.6 Å². The van der Waals surface area contributed by atoms with E-state index in [1.54, 1.807) is 0 Å². The smallest absolute Gasteiger partial charge is 0.192 e. The molecule has 34 heavy (non-hydrogen) atoms. The summed E-state index contributed by atoms with van der Waals surface area (Å²) < 4.78 is 34.0. The molecule has 7 aliphatic rings. The third-order valence-electron chi connectivity index (χ3n) is 12.3. The monoisotopic (exact) mass is 490 g/mol. The Morgan fingerprint density at radius 2 is 1.53 bits per heavy atom. The SMILES string of the molecule is CC1(C)O[C@@H]2C3[C@@H]4O[C@@H]4CC[C@]3(C)[C@@]34O[C@@H]3C[C@@]3(C)C(CC[C@@H]3O[Si](C)(C)C(C)(C)C)C4[C@H]2O1. The second-order valence-corrected chi connectivity index (χ2v) is 20.1. The standard InChI is InChI=1S/C28H46O5Si/c1-24(2,3)34(8,9)33-17-11-10-15-19-22-23(32-25(4,5)31-22)20-21-16(29-21)12-13-27(20,7)28(19)18(30-28)14-26(15,17)6/h15-23H,10-14H2,1-9H3/t15?,16-,17+,18-,19?,20?,21-,22-,23-,26+,27+,28-/m1/s1. The molecule has 1 spiro atoms. The van der Waals surface area contributed by atoms with E-state index in [0.29, 0.717) is 42.2 Å². The molecule has 7 fully saturated rings. The minimum Gasteiger partial charge on any atom is -0.413 e. The van der Waals surface area contributed by atoms with E-state index >= 15 is 0 Å². The van der Waals surface area contributed by atoms with E-state index in [4.69, 9.17) is 23.4 Å². The topological polar surface area (TPSA) is 52.8 Å². The van der Waals surface area contributed by atoms with Crippen LogP contribution in [0.2, 0.25) is 18.1 Å². The molecule has 4 aliphatic carbocycles. The van der Waals surface area contributed by atoms with E-state index in [-0.39, 0.29) is 33.7 Å². The van der Waals surface area contributed by atoms with Crippen molar-refractivity contribution in [3.8, 4) is 0 Å². The molecule has 0 aromatic carbocycles. The van der Waals surface area contributed by atoms with Gasteiger partial charge in [-0.25, -0.2) is 0 Å². The predicted octanol–water partition coefficient (Wildman–Crippen LogP) is 5.67. The average Bonchev–Trinajstić information content (AvgIpc) is 3.57. The molecule has 0 N–H and O–H groups in total. The third-order valence-corrected chi connectivity index (χ3v) is 16.8. The zero-order valence-corrected chi connectivity index (χ0v) is 23.8. The summed E-state index contributed by atoms with van der Waals surface area (Å²) in [4.78, 5) is 0. The maximum Gasteiger partial charge on any atom is 0.192 e. The van der Waals surface area contributed by atoms with Gasteiger partial charge in [0, 0.05) is 17.3 Å². The van der Waals surface area contributed by atoms with E-state index in [1.165, 1.54) is 25.7 Å². The summed E-state index contributed by atoms with van der Waals surface area (Å²) in [5.41, 5.74) is 0.169. The predicted molar refractivity (Wildman–Crippen MR) is 132 cm³/mol. The first-order chi connectivity index (χ1) is 15.6. The van der Waals surface area contributed by atoms with Crippen LogP contribution in [-0.4, -0.2) is 56.3 Å². The molecule has 192 valence electrons. The first-order valence-electron chi connectivity index (χ1n) is 14.0. The Hall–Kier alpha value is 0.0169. The Morgan fingerprint density at radius 3 is 2.21 bits per heavy atom. The summed E-state index contributed by atoms with van der Waals surface area (Å²) in [5, 5.41) is 0.224. The molecular weight excluding hydrogens is 444 g/mol. The molecule has 3 unspecified atom stereocenters. The Balaban J connectivity index is 1.28. The fourth-order valence-corrected chi connectivity index (χ4v) is 11.1. The minimum absolute atomic E-state index is 0.0738. The molecule has 0 bridgehead atoms. The van der Waals surface area contributed by atoms with Crippen molar-refractivity contribution >= 4 is 8.32 Å². The maximum atomic E-state index is 7.18. The van der Waals surface area contributed by atoms with Crippen molar-refractivity contribution in [2.45, 2.75) is 147 Å². The Morgan fingerprint density at radius 1 is 0.853 bits per heavy atom. The van der Waals surface area contributed by atoms with Gasteiger partial charge in [0.15, 0.2) is 14.1 Å². The average molecular weight is 491 g/mol. The largest absolute Gasteiger partial charge is 0.413 e. The van der Waals surface area contributed by atoms with Crippen LogP contribution in [0.1, 0.15) is 80.6 Å². The van der Waals surface area contributed by atoms with E-state index < -0.39 is 14.1 Å². The van der Waals surface area contributed by atoms with Gasteiger partial charge in [-0.15, -0.1) is 0 Å². The molecule has 4 saturated carbocycles. The molecule has 3 aliphatic heterocycles. The first-order valence-corrected chi connectivity index (χ1v) is 16.9. The van der Waals surface area contributed by atoms with Crippen LogP contribution in [0.4, 0.5) is 0 Å². The second-order valence-electron chi connectivity index (χ2n) is 15.4. The fraction of sp³-hybridized carbons (Fsp3) is 1.00. The summed E-state index contributed by atoms with van der Waals surface area (Å²) in [6.45, 7) is 21.2. The zero-order chi connectivity index (χ0) is 24.3. The van der Waals surface area contributed by atoms with Crippen LogP contribution >= 0.6 is 0 Å². The molecule has 3 saturated heterocycles. The summed E-state index contributed by atoms with van der Waals surface area (Å²) in [6.07, 6.45) is 7.48. The van der Waals surface area contributed by atoms with Gasteiger partial charge in [-0.2, -0.15) is 0 Å². The Labute approximate surface area is 207 Å². The van der Waals surface area contributed by atoms with Crippen LogP contribution in [0.5, 0.6) is 0 Å². The highest BCUT2D eigenvalue weighted by molar-refractivity contribution is 6.74. The highest BCUT2D eigenvalue weighted by Gasteiger charge is 2.86. The zero-order valence-electron chi connectivity index (χ0n) is 22.8. The van der Waals surface area contributed by atoms with Crippen molar-refractivity contribution in [1.82, 2.24) is 0 Å². The molecule has 7 rings (SSSR count). The lowest BCUT2D eigenvalue weighted by atomic mass is 9.43. The Bertz CT molecular complexity index is 913. The van der Waals surface area contributed by atoms with Crippen LogP contribution in [0.25, 0.3) is 0 Å². The van der Waals surface area contributed by atoms with Crippen molar-refractivity contribution in [1.29, 1.82) is 0 Å². The highest BCUT2D eigenvalue weighted by atomic mass is 28.4. The Kier molecular flexibility index (Phi) is 4.32. The normalized spacial score (nSPS) is 58.7. The van der Waals surface area contributed by atoms with Crippen molar-refractivity contribution in [3.63, 3.8) is 0 Å². The lowest BCUT2D eigenvalue weighted by Gasteiger charge is -2.60. The van der Waals surface area contributed by atoms with Crippen molar-refractivity contribution in [2.24, 2.45) is 28.6 Å². The van der Waals surface area contributed by atoms with Crippen LogP contribution in [0.3, 0.4) is 0 Å². The van der Waals surface area contributed by atoms with Crippen LogP contribution < -0.4 is 0 Å². The van der Waals surface area contributed by atoms with Gasteiger partial charge in [0.1, 0.15) is 5.60 Å². The number of hydrogen-bond donors (Lipinski definition) is 0. The van der Waals surface area contributed by atoms with Gasteiger partial charge in [-0.05, 0) is 75.4 Å². The van der Waals surface area contributed by atoms with Crippen LogP contribution in [0.15, 0.2) is 0 Å². The quantitative estimate of drug-likeness (QED) is 0.369. The number of hydrogen-bond acceptors (Lipinski definition) is 5. The summed E-state index contributed by atoms with van der Waals surface area (Å²) in [7, 11) is -1.86. The number of ether oxygens (including phenoxy) is 4. The van der Waals surface area contributed by atoms with E-state index in [9.17, 15) is 0 Å². The fourth-order valence-electron chi connectivity index (χ4n) is 9.62. The summed E-state index contributed by atoms with van der Waals surface area (Å²) >= 11 is 0. The molecule has 0 aromatic heterocycles. The maximum absolute atomic E-state index is 7.18. The third kappa shape index (κ3) is 2.64. The van der Waals surface area contributed by atoms with E-state index in [2.05, 4.69) is 61.6 Å². The molecule has 0 aromatic rings. The van der Waals surface area contributed by atoms with Gasteiger partial charge in [0.2, 0.25) is 0 Å². The molecule has 12 atom stereocenters. The number of fused-ring (bicyclic) bond motifs is 8. The van der Waals surface area contributed by atoms with Crippen LogP contribution in [-0.2, 0) is 23.4 Å². The minimum atomic E-state index is -1.86. The molecule has 0 radical (unpaired) electrons. The van der Waals surface area contributed by atoms with E-state index in [0.717, 1.165) is 6.42 Å². The number of rotatable bonds is 2. The van der Waals surface area contributed by atoms with E-state index in [1.807, 2.05) is 0 Å². The van der Waals surface area contributed by atoms with Gasteiger partial charge in [-0.3, -0.25) is 0 Å². The van der Waals surface area contributed by atoms with Gasteiger partial charge in [-0.1, -0.05) is 34.6 Å². The van der Waals surface area contributed by atoms with Crippen molar-refractivity contribution in [2.75, 3.05) is 0 Å². The molecule has 0 amide bonds. The molecule has 3 heterocycles. The lowest BCUT2D eigenvalue weighted by Crippen LogP contribution is -2.69. The van der Waals surface area contributed by atoms with Crippen molar-refractivity contribution < 1.29 is 23.4 Å². The number of epoxide rings is 2. The second kappa shape index (κ2) is 6.35. The molecule has 5 nitrogen and oxygen atoms in total. The van der Waals surface area contributed by atoms with Gasteiger partial charge in [0.05, 0.1) is 36.6 Å².